The average Bonchev–Trinajstić information content (AvgIpc) is 2.47. The number of hydrogen-bond donors (Lipinski definition) is 2. The van der Waals surface area contributed by atoms with Crippen molar-refractivity contribution in [3.05, 3.63) is 23.3 Å². The van der Waals surface area contributed by atoms with E-state index in [9.17, 15) is 5.11 Å². The Balaban J connectivity index is 3.18. The minimum Gasteiger partial charge on any atom is -0.504 e. The Labute approximate surface area is 118 Å². The van der Waals surface area contributed by atoms with Crippen LogP contribution in [0.4, 0.5) is 0 Å². The lowest BCUT2D eigenvalue weighted by molar-refractivity contribution is 0.0841. The molecule has 0 bridgehead atoms. The van der Waals surface area contributed by atoms with Crippen LogP contribution in [0.5, 0.6) is 11.5 Å². The van der Waals surface area contributed by atoms with Crippen molar-refractivity contribution in [2.75, 3.05) is 19.8 Å². The maximum Gasteiger partial charge on any atom is 0.162 e. The summed E-state index contributed by atoms with van der Waals surface area (Å²) < 4.78 is 10.7. The van der Waals surface area contributed by atoms with Crippen LogP contribution in [0, 0.1) is 37.0 Å². The van der Waals surface area contributed by atoms with E-state index in [2.05, 4.69) is 17.8 Å². The summed E-state index contributed by atoms with van der Waals surface area (Å²) in [7, 11) is 0. The number of nitrogens with two attached hydrogens (primary N) is 1. The molecular formula is C16H15NO3. The van der Waals surface area contributed by atoms with Crippen molar-refractivity contribution < 1.29 is 14.6 Å². The van der Waals surface area contributed by atoms with E-state index in [4.69, 9.17) is 34.5 Å². The molecular weight excluding hydrogens is 254 g/mol. The maximum absolute atomic E-state index is 9.81. The number of aromatic hydroxyl groups is 1. The second-order valence-corrected chi connectivity index (χ2v) is 3.78. The van der Waals surface area contributed by atoms with Gasteiger partial charge in [0.1, 0.15) is 13.2 Å². The summed E-state index contributed by atoms with van der Waals surface area (Å²) in [6, 6.07) is 2.97. The van der Waals surface area contributed by atoms with Gasteiger partial charge in [-0.2, -0.15) is 0 Å². The number of benzene rings is 1. The molecule has 0 aliphatic carbocycles. The van der Waals surface area contributed by atoms with Crippen molar-refractivity contribution >= 4 is 0 Å². The van der Waals surface area contributed by atoms with Gasteiger partial charge in [-0.05, 0) is 12.1 Å². The van der Waals surface area contributed by atoms with Crippen molar-refractivity contribution in [2.45, 2.75) is 6.10 Å². The molecule has 0 heterocycles. The molecule has 0 aliphatic rings. The van der Waals surface area contributed by atoms with Crippen LogP contribution in [0.15, 0.2) is 12.1 Å². The summed E-state index contributed by atoms with van der Waals surface area (Å²) in [4.78, 5) is 0. The van der Waals surface area contributed by atoms with Crippen LogP contribution in [0.25, 0.3) is 0 Å². The monoisotopic (exact) mass is 269 g/mol. The number of rotatable bonds is 6. The molecule has 102 valence electrons. The first-order valence-electron chi connectivity index (χ1n) is 5.82. The van der Waals surface area contributed by atoms with Crippen LogP contribution in [0.2, 0.25) is 0 Å². The first kappa shape index (κ1) is 15.5. The zero-order valence-electron chi connectivity index (χ0n) is 10.9. The highest BCUT2D eigenvalue weighted by molar-refractivity contribution is 5.53. The van der Waals surface area contributed by atoms with Gasteiger partial charge in [0.15, 0.2) is 11.5 Å². The van der Waals surface area contributed by atoms with E-state index >= 15 is 0 Å². The third kappa shape index (κ3) is 3.70. The molecule has 0 fully saturated rings. The standard InChI is InChI=1S/C16H15NO3/c1-4-7-19-15-10-13(12(6-3)9-14(15)18)16(11-17)20-8-5-2/h1-3,9-10,16,18H,7-8,11,17H2. The van der Waals surface area contributed by atoms with E-state index in [1.165, 1.54) is 6.07 Å². The van der Waals surface area contributed by atoms with Gasteiger partial charge in [0.25, 0.3) is 0 Å². The predicted octanol–water partition coefficient (Wildman–Crippen LogP) is 1.04. The molecule has 1 unspecified atom stereocenters. The summed E-state index contributed by atoms with van der Waals surface area (Å²) >= 11 is 0. The number of hydrogen-bond acceptors (Lipinski definition) is 4. The summed E-state index contributed by atoms with van der Waals surface area (Å²) in [6.45, 7) is 0.323. The van der Waals surface area contributed by atoms with Gasteiger partial charge in [-0.3, -0.25) is 0 Å². The third-order valence-corrected chi connectivity index (χ3v) is 2.53. The number of phenols is 1. The number of phenolic OH excluding ortho intramolecular Hbond substituents is 1. The van der Waals surface area contributed by atoms with E-state index in [1.807, 2.05) is 0 Å². The predicted molar refractivity (Wildman–Crippen MR) is 77.0 cm³/mol. The van der Waals surface area contributed by atoms with E-state index in [-0.39, 0.29) is 31.3 Å². The third-order valence-electron chi connectivity index (χ3n) is 2.53. The van der Waals surface area contributed by atoms with E-state index in [0.29, 0.717) is 11.1 Å². The Morgan fingerprint density at radius 2 is 1.90 bits per heavy atom. The molecule has 0 aromatic heterocycles. The van der Waals surface area contributed by atoms with Crippen LogP contribution < -0.4 is 10.5 Å². The minimum absolute atomic E-state index is 0.0287. The van der Waals surface area contributed by atoms with Crippen LogP contribution in [0.1, 0.15) is 17.2 Å². The summed E-state index contributed by atoms with van der Waals surface area (Å²) in [5.74, 6) is 7.27. The van der Waals surface area contributed by atoms with Crippen molar-refractivity contribution in [2.24, 2.45) is 5.73 Å². The van der Waals surface area contributed by atoms with Gasteiger partial charge in [0.2, 0.25) is 0 Å². The first-order valence-corrected chi connectivity index (χ1v) is 5.82. The summed E-state index contributed by atoms with van der Waals surface area (Å²) in [5.41, 5.74) is 6.74. The average molecular weight is 269 g/mol. The lowest BCUT2D eigenvalue weighted by atomic mass is 10.0. The van der Waals surface area contributed by atoms with Gasteiger partial charge in [0, 0.05) is 17.7 Å². The smallest absolute Gasteiger partial charge is 0.162 e. The highest BCUT2D eigenvalue weighted by Crippen LogP contribution is 2.33. The second-order valence-electron chi connectivity index (χ2n) is 3.78. The largest absolute Gasteiger partial charge is 0.504 e. The Kier molecular flexibility index (Phi) is 6.01. The van der Waals surface area contributed by atoms with E-state index < -0.39 is 6.10 Å². The van der Waals surface area contributed by atoms with Crippen molar-refractivity contribution in [1.29, 1.82) is 0 Å². The maximum atomic E-state index is 9.81. The van der Waals surface area contributed by atoms with Crippen molar-refractivity contribution in [1.82, 2.24) is 0 Å². The zero-order chi connectivity index (χ0) is 15.0. The quantitative estimate of drug-likeness (QED) is 0.757. The molecule has 1 atom stereocenters. The lowest BCUT2D eigenvalue weighted by Crippen LogP contribution is -2.17. The number of terminal acetylenes is 3. The van der Waals surface area contributed by atoms with Crippen LogP contribution >= 0.6 is 0 Å². The van der Waals surface area contributed by atoms with Gasteiger partial charge >= 0.3 is 0 Å². The van der Waals surface area contributed by atoms with E-state index in [0.717, 1.165) is 0 Å². The first-order chi connectivity index (χ1) is 9.67. The zero-order valence-corrected chi connectivity index (χ0v) is 10.9. The lowest BCUT2D eigenvalue weighted by Gasteiger charge is -2.18. The fourth-order valence-corrected chi connectivity index (χ4v) is 1.64. The Morgan fingerprint density at radius 3 is 2.45 bits per heavy atom. The SMILES string of the molecule is C#CCOc1cc(C(CN)OCC#C)c(C#C)cc1O. The second kappa shape index (κ2) is 7.77. The van der Waals surface area contributed by atoms with Crippen LogP contribution in [0.3, 0.4) is 0 Å². The molecule has 3 N–H and O–H groups in total. The molecule has 0 aliphatic heterocycles. The fourth-order valence-electron chi connectivity index (χ4n) is 1.64. The Hall–Kier alpha value is -2.58. The molecule has 0 spiro atoms. The molecule has 4 heteroatoms. The normalized spacial score (nSPS) is 10.9. The van der Waals surface area contributed by atoms with Gasteiger partial charge in [-0.15, -0.1) is 19.3 Å². The molecule has 0 saturated heterocycles. The van der Waals surface area contributed by atoms with Gasteiger partial charge in [0.05, 0.1) is 6.10 Å². The van der Waals surface area contributed by atoms with Crippen molar-refractivity contribution in [3.8, 4) is 48.5 Å². The van der Waals surface area contributed by atoms with Crippen molar-refractivity contribution in [3.63, 3.8) is 0 Å². The molecule has 0 amide bonds. The fraction of sp³-hybridized carbons (Fsp3) is 0.250. The van der Waals surface area contributed by atoms with Gasteiger partial charge < -0.3 is 20.3 Å². The molecule has 4 nitrogen and oxygen atoms in total. The van der Waals surface area contributed by atoms with Crippen LogP contribution in [-0.2, 0) is 4.74 Å². The molecule has 1 aromatic carbocycles. The molecule has 0 radical (unpaired) electrons. The Morgan fingerprint density at radius 1 is 1.20 bits per heavy atom. The highest BCUT2D eigenvalue weighted by atomic mass is 16.5. The highest BCUT2D eigenvalue weighted by Gasteiger charge is 2.17. The molecule has 1 aromatic rings. The van der Waals surface area contributed by atoms with E-state index in [1.54, 1.807) is 6.07 Å². The number of ether oxygens (including phenoxy) is 2. The van der Waals surface area contributed by atoms with Gasteiger partial charge in [-0.25, -0.2) is 0 Å². The van der Waals surface area contributed by atoms with Gasteiger partial charge in [-0.1, -0.05) is 17.8 Å². The molecule has 1 rings (SSSR count). The topological polar surface area (TPSA) is 64.7 Å². The van der Waals surface area contributed by atoms with Crippen LogP contribution in [-0.4, -0.2) is 24.9 Å². The summed E-state index contributed by atoms with van der Waals surface area (Å²) in [6.07, 6.45) is 15.2. The molecule has 0 saturated carbocycles. The molecule has 20 heavy (non-hydrogen) atoms. The minimum atomic E-state index is -0.481. The Bertz CT molecular complexity index is 587. The summed E-state index contributed by atoms with van der Waals surface area (Å²) in [5, 5.41) is 9.81.